The third-order valence-electron chi connectivity index (χ3n) is 8.13. The quantitative estimate of drug-likeness (QED) is 0.206. The second kappa shape index (κ2) is 14.1. The van der Waals surface area contributed by atoms with Gasteiger partial charge in [0.2, 0.25) is 17.7 Å². The van der Waals surface area contributed by atoms with Gasteiger partial charge in [0.05, 0.1) is 12.6 Å². The van der Waals surface area contributed by atoms with Crippen molar-refractivity contribution in [2.24, 2.45) is 11.7 Å². The second-order valence-corrected chi connectivity index (χ2v) is 10.9. The third-order valence-corrected chi connectivity index (χ3v) is 8.13. The van der Waals surface area contributed by atoms with E-state index in [9.17, 15) is 14.4 Å². The summed E-state index contributed by atoms with van der Waals surface area (Å²) in [6.45, 7) is 3.48. The summed E-state index contributed by atoms with van der Waals surface area (Å²) in [4.78, 5) is 41.0. The van der Waals surface area contributed by atoms with Gasteiger partial charge in [-0.25, -0.2) is 0 Å². The van der Waals surface area contributed by atoms with Crippen molar-refractivity contribution in [3.05, 3.63) is 70.8 Å². The van der Waals surface area contributed by atoms with Gasteiger partial charge in [0.25, 0.3) is 0 Å². The zero-order chi connectivity index (χ0) is 28.5. The molecule has 0 aromatic heterocycles. The fraction of sp³-hybridized carbons (Fsp3) is 0.484. The highest BCUT2D eigenvalue weighted by atomic mass is 16.2. The highest BCUT2D eigenvalue weighted by Crippen LogP contribution is 2.29. The number of carbonyl (C=O) groups is 3. The van der Waals surface area contributed by atoms with Crippen molar-refractivity contribution in [1.29, 1.82) is 5.41 Å². The van der Waals surface area contributed by atoms with Crippen LogP contribution in [0.1, 0.15) is 67.7 Å². The lowest BCUT2D eigenvalue weighted by atomic mass is 9.82. The van der Waals surface area contributed by atoms with Gasteiger partial charge < -0.3 is 21.3 Å². The van der Waals surface area contributed by atoms with E-state index in [1.54, 1.807) is 17.0 Å². The molecule has 2 atom stereocenters. The Labute approximate surface area is 236 Å². The summed E-state index contributed by atoms with van der Waals surface area (Å²) in [5.74, 6) is -0.266. The Morgan fingerprint density at radius 1 is 0.900 bits per heavy atom. The van der Waals surface area contributed by atoms with E-state index >= 15 is 0 Å². The summed E-state index contributed by atoms with van der Waals surface area (Å²) >= 11 is 0. The molecule has 1 aliphatic carbocycles. The van der Waals surface area contributed by atoms with E-state index in [2.05, 4.69) is 35.0 Å². The van der Waals surface area contributed by atoms with Gasteiger partial charge in [0, 0.05) is 25.2 Å². The van der Waals surface area contributed by atoms with Gasteiger partial charge >= 0.3 is 0 Å². The molecule has 40 heavy (non-hydrogen) atoms. The Morgan fingerprint density at radius 2 is 1.50 bits per heavy atom. The Hall–Kier alpha value is -3.72. The minimum absolute atomic E-state index is 0.000444. The molecule has 4 rings (SSSR count). The Morgan fingerprint density at radius 3 is 2.08 bits per heavy atom. The number of rotatable bonds is 12. The number of nitrogens with two attached hydrogens (primary N) is 1. The van der Waals surface area contributed by atoms with Crippen LogP contribution in [0, 0.1) is 11.3 Å². The van der Waals surface area contributed by atoms with Crippen molar-refractivity contribution in [3.63, 3.8) is 0 Å². The predicted molar refractivity (Wildman–Crippen MR) is 155 cm³/mol. The van der Waals surface area contributed by atoms with Crippen LogP contribution in [-0.2, 0) is 33.9 Å². The van der Waals surface area contributed by atoms with Crippen molar-refractivity contribution >= 4 is 23.6 Å². The van der Waals surface area contributed by atoms with E-state index in [4.69, 9.17) is 11.1 Å². The van der Waals surface area contributed by atoms with E-state index in [1.807, 2.05) is 24.3 Å². The molecule has 1 aliphatic heterocycles. The average Bonchev–Trinajstić information content (AvgIpc) is 2.95. The maximum absolute atomic E-state index is 13.7. The molecule has 6 N–H and O–H groups in total. The number of likely N-dealkylation sites (tertiary alicyclic amines) is 1. The zero-order valence-electron chi connectivity index (χ0n) is 23.4. The number of aryl methyl sites for hydroxylation is 1. The molecule has 0 radical (unpaired) electrons. The van der Waals surface area contributed by atoms with E-state index < -0.39 is 12.1 Å². The van der Waals surface area contributed by atoms with E-state index in [-0.39, 0.29) is 36.0 Å². The molecule has 0 bridgehead atoms. The monoisotopic (exact) mass is 546 g/mol. The lowest BCUT2D eigenvalue weighted by Crippen LogP contribution is -2.63. The Balaban J connectivity index is 1.31. The van der Waals surface area contributed by atoms with Gasteiger partial charge in [0.1, 0.15) is 11.9 Å². The molecule has 0 spiro atoms. The van der Waals surface area contributed by atoms with E-state index in [1.165, 1.54) is 5.56 Å². The summed E-state index contributed by atoms with van der Waals surface area (Å²) in [5.41, 5.74) is 9.33. The van der Waals surface area contributed by atoms with Crippen LogP contribution < -0.4 is 21.7 Å². The Kier molecular flexibility index (Phi) is 10.3. The van der Waals surface area contributed by atoms with Crippen LogP contribution in [0.5, 0.6) is 0 Å². The second-order valence-electron chi connectivity index (χ2n) is 10.9. The van der Waals surface area contributed by atoms with Gasteiger partial charge in [-0.15, -0.1) is 0 Å². The number of nitrogen functional groups attached to an aromatic ring is 1. The summed E-state index contributed by atoms with van der Waals surface area (Å²) in [6.07, 6.45) is 6.78. The number of amides is 3. The normalized spacial score (nSPS) is 17.9. The largest absolute Gasteiger partial charge is 0.384 e. The maximum atomic E-state index is 13.7. The fourth-order valence-corrected chi connectivity index (χ4v) is 5.49. The number of nitrogens with zero attached hydrogens (tertiary/aromatic N) is 1. The summed E-state index contributed by atoms with van der Waals surface area (Å²) < 4.78 is 0. The van der Waals surface area contributed by atoms with Crippen molar-refractivity contribution < 1.29 is 14.4 Å². The smallest absolute Gasteiger partial charge is 0.243 e. The highest BCUT2D eigenvalue weighted by molar-refractivity contribution is 5.95. The van der Waals surface area contributed by atoms with Crippen LogP contribution in [0.2, 0.25) is 0 Å². The van der Waals surface area contributed by atoms with Crippen molar-refractivity contribution in [3.8, 4) is 0 Å². The molecule has 2 aromatic carbocycles. The first kappa shape index (κ1) is 29.3. The van der Waals surface area contributed by atoms with Crippen molar-refractivity contribution in [2.45, 2.75) is 77.0 Å². The summed E-state index contributed by atoms with van der Waals surface area (Å²) in [7, 11) is 0. The van der Waals surface area contributed by atoms with Crippen LogP contribution in [-0.4, -0.2) is 53.6 Å². The van der Waals surface area contributed by atoms with Crippen LogP contribution in [0.15, 0.2) is 48.5 Å². The molecule has 1 heterocycles. The Bertz CT molecular complexity index is 1170. The first-order valence-electron chi connectivity index (χ1n) is 14.4. The number of hydrogen-bond donors (Lipinski definition) is 5. The number of amidine groups is 1. The van der Waals surface area contributed by atoms with Crippen LogP contribution in [0.4, 0.5) is 0 Å². The number of carbonyl (C=O) groups excluding carboxylic acids is 3. The van der Waals surface area contributed by atoms with Gasteiger partial charge in [-0.2, -0.15) is 0 Å². The zero-order valence-corrected chi connectivity index (χ0v) is 23.4. The first-order valence-corrected chi connectivity index (χ1v) is 14.4. The summed E-state index contributed by atoms with van der Waals surface area (Å²) in [6, 6.07) is 14.4. The number of nitrogens with one attached hydrogen (secondary N) is 4. The molecule has 0 unspecified atom stereocenters. The van der Waals surface area contributed by atoms with Gasteiger partial charge in [-0.1, -0.05) is 74.7 Å². The first-order chi connectivity index (χ1) is 19.4. The summed E-state index contributed by atoms with van der Waals surface area (Å²) in [5, 5.41) is 16.7. The fourth-order valence-electron chi connectivity index (χ4n) is 5.49. The van der Waals surface area contributed by atoms with Crippen LogP contribution in [0.3, 0.4) is 0 Å². The minimum atomic E-state index is -0.503. The van der Waals surface area contributed by atoms with Crippen molar-refractivity contribution in [1.82, 2.24) is 20.9 Å². The highest BCUT2D eigenvalue weighted by Gasteiger charge is 2.42. The molecular formula is C31H42N6O3. The maximum Gasteiger partial charge on any atom is 0.243 e. The predicted octanol–water partition coefficient (Wildman–Crippen LogP) is 2.61. The standard InChI is InChI=1S/C31H42N6O3/c1-2-21-8-10-22(11-9-21)18-34-27(38)20-35-28(24-6-4-3-5-7-24)31(40)37-17-16-26(37)30(39)36-19-23-12-14-25(15-13-23)29(32)33/h8-15,24,26,28,35H,2-7,16-20H2,1H3,(H3,32,33)(H,34,38)(H,36,39)/t26-,28+/m0/s1. The molecular weight excluding hydrogens is 504 g/mol. The molecule has 9 nitrogen and oxygen atoms in total. The molecule has 9 heteroatoms. The molecule has 2 fully saturated rings. The van der Waals surface area contributed by atoms with Crippen LogP contribution >= 0.6 is 0 Å². The number of benzene rings is 2. The molecule has 3 amide bonds. The van der Waals surface area contributed by atoms with Gasteiger partial charge in [-0.3, -0.25) is 25.1 Å². The van der Waals surface area contributed by atoms with E-state index in [0.29, 0.717) is 31.6 Å². The van der Waals surface area contributed by atoms with E-state index in [0.717, 1.165) is 49.7 Å². The molecule has 1 saturated carbocycles. The van der Waals surface area contributed by atoms with Crippen LogP contribution in [0.25, 0.3) is 0 Å². The molecule has 214 valence electrons. The third kappa shape index (κ3) is 7.69. The average molecular weight is 547 g/mol. The topological polar surface area (TPSA) is 140 Å². The van der Waals surface area contributed by atoms with Crippen molar-refractivity contribution in [2.75, 3.05) is 13.1 Å². The SMILES string of the molecule is CCc1ccc(CNC(=O)CN[C@@H](C(=O)N2CC[C@H]2C(=O)NCc2ccc(C(=N)N)cc2)C2CCCCC2)cc1. The molecule has 1 saturated heterocycles. The number of hydrogen-bond acceptors (Lipinski definition) is 5. The lowest BCUT2D eigenvalue weighted by molar-refractivity contribution is -0.150. The van der Waals surface area contributed by atoms with Gasteiger partial charge in [0.15, 0.2) is 0 Å². The molecule has 2 aliphatic rings. The molecule has 2 aromatic rings. The lowest BCUT2D eigenvalue weighted by Gasteiger charge is -2.43. The minimum Gasteiger partial charge on any atom is -0.384 e. The van der Waals surface area contributed by atoms with Gasteiger partial charge in [-0.05, 0) is 48.3 Å².